The van der Waals surface area contributed by atoms with Gasteiger partial charge in [-0.15, -0.1) is 11.8 Å². The van der Waals surface area contributed by atoms with Gasteiger partial charge >= 0.3 is 5.97 Å². The molecule has 0 saturated carbocycles. The molecule has 0 radical (unpaired) electrons. The lowest BCUT2D eigenvalue weighted by Crippen LogP contribution is -2.34. The zero-order chi connectivity index (χ0) is 13.7. The molecule has 1 heterocycles. The Hall–Kier alpha value is -1.66. The number of para-hydroxylation sites is 1. The predicted molar refractivity (Wildman–Crippen MR) is 74.9 cm³/mol. The number of nitrogens with zero attached hydrogens (tertiary/aromatic N) is 2. The van der Waals surface area contributed by atoms with Crippen LogP contribution in [0.1, 0.15) is 6.92 Å². The van der Waals surface area contributed by atoms with Crippen molar-refractivity contribution in [3.8, 4) is 0 Å². The van der Waals surface area contributed by atoms with Gasteiger partial charge in [0.2, 0.25) is 0 Å². The summed E-state index contributed by atoms with van der Waals surface area (Å²) in [7, 11) is 0. The molecule has 0 aliphatic heterocycles. The smallest absolute Gasteiger partial charge is 0.323 e. The van der Waals surface area contributed by atoms with Crippen LogP contribution < -0.4 is 5.73 Å². The molecule has 1 aromatic heterocycles. The average molecular weight is 277 g/mol. The van der Waals surface area contributed by atoms with Crippen LogP contribution in [0.15, 0.2) is 35.6 Å². The Morgan fingerprint density at radius 3 is 3.00 bits per heavy atom. The number of nitrogens with two attached hydrogens (primary N) is 1. The number of rotatable bonds is 5. The molecular formula is C13H15N3O2S. The van der Waals surface area contributed by atoms with Crippen molar-refractivity contribution in [3.63, 3.8) is 0 Å². The Balaban J connectivity index is 2.08. The lowest BCUT2D eigenvalue weighted by atomic mass is 10.2. The van der Waals surface area contributed by atoms with Crippen LogP contribution in [0.3, 0.4) is 0 Å². The van der Waals surface area contributed by atoms with Crippen LogP contribution in [0.5, 0.6) is 0 Å². The van der Waals surface area contributed by atoms with Crippen LogP contribution >= 0.6 is 11.8 Å². The predicted octanol–water partition coefficient (Wildman–Crippen LogP) is 1.61. The van der Waals surface area contributed by atoms with Crippen LogP contribution in [-0.2, 0) is 9.53 Å². The number of ether oxygens (including phenoxy) is 1. The number of esters is 1. The molecule has 2 aromatic rings. The first kappa shape index (κ1) is 13.8. The van der Waals surface area contributed by atoms with Gasteiger partial charge in [-0.1, -0.05) is 18.2 Å². The lowest BCUT2D eigenvalue weighted by molar-refractivity contribution is -0.144. The number of hydrogen-bond donors (Lipinski definition) is 1. The standard InChI is InChI=1S/C13H15N3O2S/c1-2-18-13(17)10(14)7-19-12-9-5-3-4-6-11(9)15-8-16-12/h3-6,8,10H,2,7,14H2,1H3. The van der Waals surface area contributed by atoms with Gasteiger partial charge in [0.15, 0.2) is 0 Å². The molecule has 0 aliphatic carbocycles. The molecule has 19 heavy (non-hydrogen) atoms. The van der Waals surface area contributed by atoms with E-state index in [1.807, 2.05) is 24.3 Å². The fourth-order valence-corrected chi connectivity index (χ4v) is 2.50. The number of fused-ring (bicyclic) bond motifs is 1. The number of thioether (sulfide) groups is 1. The highest BCUT2D eigenvalue weighted by atomic mass is 32.2. The summed E-state index contributed by atoms with van der Waals surface area (Å²) < 4.78 is 4.87. The SMILES string of the molecule is CCOC(=O)C(N)CSc1ncnc2ccccc12. The minimum atomic E-state index is -0.640. The van der Waals surface area contributed by atoms with Crippen molar-refractivity contribution < 1.29 is 9.53 Å². The highest BCUT2D eigenvalue weighted by molar-refractivity contribution is 7.99. The molecule has 0 bridgehead atoms. The number of carbonyl (C=O) groups is 1. The van der Waals surface area contributed by atoms with Gasteiger partial charge in [-0.25, -0.2) is 9.97 Å². The Labute approximate surface area is 115 Å². The molecular weight excluding hydrogens is 262 g/mol. The minimum absolute atomic E-state index is 0.341. The molecule has 1 atom stereocenters. The molecule has 0 aliphatic rings. The molecule has 0 fully saturated rings. The monoisotopic (exact) mass is 277 g/mol. The first-order chi connectivity index (χ1) is 9.22. The van der Waals surface area contributed by atoms with Gasteiger partial charge in [-0.2, -0.15) is 0 Å². The summed E-state index contributed by atoms with van der Waals surface area (Å²) in [4.78, 5) is 19.8. The second-order valence-corrected chi connectivity index (χ2v) is 4.87. The highest BCUT2D eigenvalue weighted by Gasteiger charge is 2.15. The van der Waals surface area contributed by atoms with Gasteiger partial charge in [0.05, 0.1) is 12.1 Å². The summed E-state index contributed by atoms with van der Waals surface area (Å²) in [6.07, 6.45) is 1.51. The Morgan fingerprint density at radius 1 is 1.42 bits per heavy atom. The van der Waals surface area contributed by atoms with E-state index in [1.54, 1.807) is 6.92 Å². The maximum atomic E-state index is 11.4. The third-order valence-corrected chi connectivity index (χ3v) is 3.62. The van der Waals surface area contributed by atoms with E-state index in [0.29, 0.717) is 12.4 Å². The second kappa shape index (κ2) is 6.49. The topological polar surface area (TPSA) is 78.1 Å². The van der Waals surface area contributed by atoms with E-state index < -0.39 is 6.04 Å². The number of aromatic nitrogens is 2. The van der Waals surface area contributed by atoms with Gasteiger partial charge in [0.25, 0.3) is 0 Å². The first-order valence-corrected chi connectivity index (χ1v) is 6.95. The molecule has 0 saturated heterocycles. The van der Waals surface area contributed by atoms with Crippen LogP contribution in [0.4, 0.5) is 0 Å². The van der Waals surface area contributed by atoms with Crippen molar-refractivity contribution in [2.45, 2.75) is 18.0 Å². The van der Waals surface area contributed by atoms with Crippen LogP contribution in [0.25, 0.3) is 10.9 Å². The van der Waals surface area contributed by atoms with Crippen LogP contribution in [-0.4, -0.2) is 34.3 Å². The maximum absolute atomic E-state index is 11.4. The summed E-state index contributed by atoms with van der Waals surface area (Å²) in [6, 6.07) is 7.09. The Morgan fingerprint density at radius 2 is 2.21 bits per heavy atom. The van der Waals surface area contributed by atoms with Gasteiger partial charge in [0.1, 0.15) is 17.4 Å². The van der Waals surface area contributed by atoms with E-state index >= 15 is 0 Å². The quantitative estimate of drug-likeness (QED) is 0.508. The maximum Gasteiger partial charge on any atom is 0.323 e. The number of hydrogen-bond acceptors (Lipinski definition) is 6. The van der Waals surface area contributed by atoms with Crippen LogP contribution in [0, 0.1) is 0 Å². The van der Waals surface area contributed by atoms with E-state index in [2.05, 4.69) is 9.97 Å². The molecule has 100 valence electrons. The average Bonchev–Trinajstić information content (AvgIpc) is 2.45. The van der Waals surface area contributed by atoms with E-state index in [-0.39, 0.29) is 5.97 Å². The van der Waals surface area contributed by atoms with Crippen molar-refractivity contribution in [1.82, 2.24) is 9.97 Å². The summed E-state index contributed by atoms with van der Waals surface area (Å²) in [5, 5.41) is 1.79. The van der Waals surface area contributed by atoms with Crippen molar-refractivity contribution in [3.05, 3.63) is 30.6 Å². The number of benzene rings is 1. The van der Waals surface area contributed by atoms with Crippen molar-refractivity contribution >= 4 is 28.6 Å². The van der Waals surface area contributed by atoms with Gasteiger partial charge in [-0.05, 0) is 13.0 Å². The number of carbonyl (C=O) groups excluding carboxylic acids is 1. The summed E-state index contributed by atoms with van der Waals surface area (Å²) in [5.74, 6) is 0.0493. The minimum Gasteiger partial charge on any atom is -0.465 e. The van der Waals surface area contributed by atoms with Crippen molar-refractivity contribution in [1.29, 1.82) is 0 Å². The fraction of sp³-hybridized carbons (Fsp3) is 0.308. The molecule has 5 nitrogen and oxygen atoms in total. The van der Waals surface area contributed by atoms with E-state index in [1.165, 1.54) is 18.1 Å². The third kappa shape index (κ3) is 3.42. The van der Waals surface area contributed by atoms with Crippen molar-refractivity contribution in [2.24, 2.45) is 5.73 Å². The van der Waals surface area contributed by atoms with Gasteiger partial charge in [-0.3, -0.25) is 4.79 Å². The van der Waals surface area contributed by atoms with E-state index in [9.17, 15) is 4.79 Å². The molecule has 2 rings (SSSR count). The zero-order valence-corrected chi connectivity index (χ0v) is 11.4. The molecule has 0 spiro atoms. The third-order valence-electron chi connectivity index (χ3n) is 2.50. The Bertz CT molecular complexity index is 571. The van der Waals surface area contributed by atoms with Gasteiger partial charge in [0, 0.05) is 11.1 Å². The van der Waals surface area contributed by atoms with E-state index in [0.717, 1.165) is 15.9 Å². The zero-order valence-electron chi connectivity index (χ0n) is 10.6. The second-order valence-electron chi connectivity index (χ2n) is 3.87. The summed E-state index contributed by atoms with van der Waals surface area (Å²) >= 11 is 1.44. The van der Waals surface area contributed by atoms with Gasteiger partial charge < -0.3 is 10.5 Å². The normalized spacial score (nSPS) is 12.3. The summed E-state index contributed by atoms with van der Waals surface area (Å²) in [5.41, 5.74) is 6.64. The first-order valence-electron chi connectivity index (χ1n) is 5.97. The van der Waals surface area contributed by atoms with Crippen molar-refractivity contribution in [2.75, 3.05) is 12.4 Å². The lowest BCUT2D eigenvalue weighted by Gasteiger charge is -2.10. The molecule has 2 N–H and O–H groups in total. The largest absolute Gasteiger partial charge is 0.465 e. The molecule has 1 unspecified atom stereocenters. The molecule has 0 amide bonds. The molecule has 1 aromatic carbocycles. The molecule has 6 heteroatoms. The highest BCUT2D eigenvalue weighted by Crippen LogP contribution is 2.24. The van der Waals surface area contributed by atoms with Crippen LogP contribution in [0.2, 0.25) is 0 Å². The van der Waals surface area contributed by atoms with E-state index in [4.69, 9.17) is 10.5 Å². The summed E-state index contributed by atoms with van der Waals surface area (Å²) in [6.45, 7) is 2.10. The Kier molecular flexibility index (Phi) is 4.70. The fourth-order valence-electron chi connectivity index (χ4n) is 1.58.